The van der Waals surface area contributed by atoms with Gasteiger partial charge in [-0.15, -0.1) is 0 Å². The van der Waals surface area contributed by atoms with Crippen LogP contribution in [-0.2, 0) is 18.9 Å². The molecule has 0 aliphatic carbocycles. The second-order valence-electron chi connectivity index (χ2n) is 8.26. The van der Waals surface area contributed by atoms with E-state index < -0.39 is 48.6 Å². The molecule has 0 aromatic carbocycles. The quantitative estimate of drug-likeness (QED) is 0.200. The van der Waals surface area contributed by atoms with Gasteiger partial charge in [-0.3, -0.25) is 0 Å². The highest BCUT2D eigenvalue weighted by Gasteiger charge is 2.46. The minimum absolute atomic E-state index is 0.0329. The van der Waals surface area contributed by atoms with E-state index in [9.17, 15) is 15.3 Å². The first-order valence-corrected chi connectivity index (χ1v) is 10.1. The molecule has 2 heterocycles. The van der Waals surface area contributed by atoms with Crippen LogP contribution in [0.2, 0.25) is 0 Å². The van der Waals surface area contributed by atoms with Gasteiger partial charge < -0.3 is 56.8 Å². The largest absolute Gasteiger partial charge is 0.388 e. The maximum atomic E-state index is 10.6. The van der Waals surface area contributed by atoms with Crippen molar-refractivity contribution in [1.82, 2.24) is 5.32 Å². The van der Waals surface area contributed by atoms with Crippen molar-refractivity contribution in [1.29, 1.82) is 0 Å². The van der Waals surface area contributed by atoms with Crippen molar-refractivity contribution in [2.75, 3.05) is 26.8 Å². The standard InChI is InChI=1S/C18H38N4O7/c1-9(20)14(29-16-11(21)5-4-10(6-19)28-16)12(23)7-26-17-13(24)15(22-3)18(2,25)8-27-17/h9-17,22-25H,4-8,19-21H2,1-3H3/t9?,10?,11?,12-,13-,14?,15?,16-,17+,18+/m1/s1. The van der Waals surface area contributed by atoms with Crippen LogP contribution in [-0.4, -0.2) is 103 Å². The smallest absolute Gasteiger partial charge is 0.185 e. The van der Waals surface area contributed by atoms with Crippen molar-refractivity contribution < 1.29 is 34.3 Å². The maximum absolute atomic E-state index is 10.6. The van der Waals surface area contributed by atoms with E-state index in [1.165, 1.54) is 0 Å². The summed E-state index contributed by atoms with van der Waals surface area (Å²) in [7, 11) is 1.63. The lowest BCUT2D eigenvalue weighted by atomic mass is 9.90. The lowest BCUT2D eigenvalue weighted by molar-refractivity contribution is -0.281. The molecule has 0 aromatic heterocycles. The summed E-state index contributed by atoms with van der Waals surface area (Å²) in [5.41, 5.74) is 16.5. The van der Waals surface area contributed by atoms with Crippen LogP contribution < -0.4 is 22.5 Å². The molecule has 0 spiro atoms. The molecule has 2 saturated heterocycles. The van der Waals surface area contributed by atoms with Crippen LogP contribution in [0.3, 0.4) is 0 Å². The second kappa shape index (κ2) is 10.7. The highest BCUT2D eigenvalue weighted by molar-refractivity contribution is 4.97. The molecule has 0 radical (unpaired) electrons. The third-order valence-electron chi connectivity index (χ3n) is 5.52. The Balaban J connectivity index is 1.93. The molecular formula is C18H38N4O7. The normalized spacial score (nSPS) is 41.7. The summed E-state index contributed by atoms with van der Waals surface area (Å²) in [5, 5.41) is 34.2. The van der Waals surface area contributed by atoms with E-state index in [1.807, 2.05) is 0 Å². The van der Waals surface area contributed by atoms with Gasteiger partial charge >= 0.3 is 0 Å². The van der Waals surface area contributed by atoms with Crippen molar-refractivity contribution in [3.63, 3.8) is 0 Å². The first-order valence-electron chi connectivity index (χ1n) is 10.1. The Kier molecular flexibility index (Phi) is 9.19. The lowest BCUT2D eigenvalue weighted by Crippen LogP contribution is -2.65. The number of likely N-dealkylation sites (N-methyl/N-ethyl adjacent to an activating group) is 1. The molecule has 2 fully saturated rings. The van der Waals surface area contributed by atoms with Gasteiger partial charge in [0.15, 0.2) is 12.6 Å². The Morgan fingerprint density at radius 3 is 2.59 bits per heavy atom. The van der Waals surface area contributed by atoms with E-state index in [2.05, 4.69) is 5.32 Å². The fraction of sp³-hybridized carbons (Fsp3) is 1.00. The van der Waals surface area contributed by atoms with Gasteiger partial charge in [0, 0.05) is 12.6 Å². The number of aliphatic hydroxyl groups is 3. The SMILES string of the molecule is CNC1[C@@H](O)[C@@H](OC[C@@H](O)C(O[C@H]2OC(CN)CCC2N)C(C)N)OC[C@]1(C)O. The summed E-state index contributed by atoms with van der Waals surface area (Å²) < 4.78 is 22.6. The molecule has 29 heavy (non-hydrogen) atoms. The number of rotatable bonds is 9. The van der Waals surface area contributed by atoms with Gasteiger partial charge in [0.05, 0.1) is 31.4 Å². The molecule has 172 valence electrons. The Bertz CT molecular complexity index is 499. The number of aliphatic hydroxyl groups excluding tert-OH is 2. The van der Waals surface area contributed by atoms with E-state index >= 15 is 0 Å². The molecule has 2 aliphatic rings. The summed E-state index contributed by atoms with van der Waals surface area (Å²) in [6.45, 7) is 3.38. The van der Waals surface area contributed by atoms with Crippen LogP contribution in [0.5, 0.6) is 0 Å². The zero-order valence-electron chi connectivity index (χ0n) is 17.4. The van der Waals surface area contributed by atoms with Crippen molar-refractivity contribution in [2.45, 2.75) is 87.4 Å². The van der Waals surface area contributed by atoms with E-state index in [4.69, 9.17) is 36.1 Å². The molecule has 2 rings (SSSR count). The van der Waals surface area contributed by atoms with Crippen molar-refractivity contribution in [3.8, 4) is 0 Å². The summed E-state index contributed by atoms with van der Waals surface area (Å²) in [6, 6.07) is -1.54. The van der Waals surface area contributed by atoms with Crippen LogP contribution in [0, 0.1) is 0 Å². The van der Waals surface area contributed by atoms with Gasteiger partial charge in [-0.2, -0.15) is 0 Å². The lowest BCUT2D eigenvalue weighted by Gasteiger charge is -2.44. The van der Waals surface area contributed by atoms with E-state index in [-0.39, 0.29) is 25.4 Å². The van der Waals surface area contributed by atoms with Gasteiger partial charge in [0.25, 0.3) is 0 Å². The molecule has 0 aromatic rings. The molecule has 10 N–H and O–H groups in total. The average molecular weight is 423 g/mol. The monoisotopic (exact) mass is 422 g/mol. The summed E-state index contributed by atoms with van der Waals surface area (Å²) in [5.74, 6) is 0. The number of ether oxygens (including phenoxy) is 4. The number of hydrogen-bond acceptors (Lipinski definition) is 11. The van der Waals surface area contributed by atoms with Crippen LogP contribution in [0.15, 0.2) is 0 Å². The predicted molar refractivity (Wildman–Crippen MR) is 105 cm³/mol. The zero-order chi connectivity index (χ0) is 21.8. The minimum Gasteiger partial charge on any atom is -0.388 e. The Hall–Kier alpha value is -0.440. The Morgan fingerprint density at radius 1 is 1.31 bits per heavy atom. The molecule has 0 amide bonds. The van der Waals surface area contributed by atoms with E-state index in [0.29, 0.717) is 13.0 Å². The maximum Gasteiger partial charge on any atom is 0.185 e. The number of hydrogen-bond donors (Lipinski definition) is 7. The van der Waals surface area contributed by atoms with Gasteiger partial charge in [0.1, 0.15) is 23.9 Å². The second-order valence-corrected chi connectivity index (χ2v) is 8.26. The number of nitrogens with two attached hydrogens (primary N) is 3. The summed E-state index contributed by atoms with van der Waals surface area (Å²) >= 11 is 0. The predicted octanol–water partition coefficient (Wildman–Crippen LogP) is -3.06. The molecule has 2 aliphatic heterocycles. The zero-order valence-corrected chi connectivity index (χ0v) is 17.4. The molecule has 11 nitrogen and oxygen atoms in total. The molecule has 10 atom stereocenters. The fourth-order valence-electron chi connectivity index (χ4n) is 3.78. The minimum atomic E-state index is -1.25. The molecule has 11 heteroatoms. The van der Waals surface area contributed by atoms with Gasteiger partial charge in [-0.05, 0) is 33.7 Å². The van der Waals surface area contributed by atoms with Crippen LogP contribution in [0.1, 0.15) is 26.7 Å². The van der Waals surface area contributed by atoms with E-state index in [0.717, 1.165) is 6.42 Å². The molecule has 0 bridgehead atoms. The third kappa shape index (κ3) is 6.28. The summed E-state index contributed by atoms with van der Waals surface area (Å²) in [6.07, 6.45) is -3.53. The third-order valence-corrected chi connectivity index (χ3v) is 5.52. The number of nitrogens with one attached hydrogen (secondary N) is 1. The van der Waals surface area contributed by atoms with Crippen LogP contribution in [0.4, 0.5) is 0 Å². The first kappa shape index (κ1) is 24.8. The fourth-order valence-corrected chi connectivity index (χ4v) is 3.78. The van der Waals surface area contributed by atoms with Gasteiger partial charge in [-0.25, -0.2) is 0 Å². The Labute approximate surface area is 171 Å². The van der Waals surface area contributed by atoms with Crippen LogP contribution >= 0.6 is 0 Å². The van der Waals surface area contributed by atoms with Gasteiger partial charge in [-0.1, -0.05) is 0 Å². The van der Waals surface area contributed by atoms with Crippen molar-refractivity contribution >= 4 is 0 Å². The molecule has 5 unspecified atom stereocenters. The van der Waals surface area contributed by atoms with Crippen LogP contribution in [0.25, 0.3) is 0 Å². The molecule has 0 saturated carbocycles. The van der Waals surface area contributed by atoms with E-state index in [1.54, 1.807) is 20.9 Å². The highest BCUT2D eigenvalue weighted by atomic mass is 16.7. The molecular weight excluding hydrogens is 384 g/mol. The topological polar surface area (TPSA) is 188 Å². The van der Waals surface area contributed by atoms with Crippen molar-refractivity contribution in [3.05, 3.63) is 0 Å². The first-order chi connectivity index (χ1) is 13.6. The van der Waals surface area contributed by atoms with Crippen molar-refractivity contribution in [2.24, 2.45) is 17.2 Å². The summed E-state index contributed by atoms with van der Waals surface area (Å²) in [4.78, 5) is 0. The average Bonchev–Trinajstić information content (AvgIpc) is 2.66. The van der Waals surface area contributed by atoms with Gasteiger partial charge in [0.2, 0.25) is 0 Å². The Morgan fingerprint density at radius 2 is 2.00 bits per heavy atom. The highest BCUT2D eigenvalue weighted by Crippen LogP contribution is 2.25.